The zero-order chi connectivity index (χ0) is 13.0. The second-order valence-electron chi connectivity index (χ2n) is 3.44. The number of carbonyl (C=O) groups is 2. The summed E-state index contributed by atoms with van der Waals surface area (Å²) in [6.45, 7) is 0. The minimum absolute atomic E-state index is 0.0751. The van der Waals surface area contributed by atoms with Gasteiger partial charge in [-0.2, -0.15) is 0 Å². The van der Waals surface area contributed by atoms with E-state index < -0.39 is 12.1 Å². The molecule has 17 heavy (non-hydrogen) atoms. The average Bonchev–Trinajstić information content (AvgIpc) is 2.30. The molecular formula is C11H10BrClO4. The summed E-state index contributed by atoms with van der Waals surface area (Å²) in [4.78, 5) is 21.9. The van der Waals surface area contributed by atoms with Crippen molar-refractivity contribution in [1.82, 2.24) is 0 Å². The van der Waals surface area contributed by atoms with Crippen LogP contribution < -0.4 is 0 Å². The summed E-state index contributed by atoms with van der Waals surface area (Å²) in [6, 6.07) is 4.32. The van der Waals surface area contributed by atoms with Gasteiger partial charge in [-0.05, 0) is 17.2 Å². The zero-order valence-corrected chi connectivity index (χ0v) is 11.0. The van der Waals surface area contributed by atoms with Crippen molar-refractivity contribution in [3.8, 4) is 0 Å². The summed E-state index contributed by atoms with van der Waals surface area (Å²) < 4.78 is 0. The second-order valence-corrected chi connectivity index (χ2v) is 4.41. The number of aliphatic hydroxyl groups is 1. The lowest BCUT2D eigenvalue weighted by molar-refractivity contribution is -0.146. The van der Waals surface area contributed by atoms with Crippen LogP contribution in [0.15, 0.2) is 18.2 Å². The van der Waals surface area contributed by atoms with Gasteiger partial charge < -0.3 is 10.2 Å². The van der Waals surface area contributed by atoms with Crippen molar-refractivity contribution in [2.45, 2.75) is 12.5 Å². The fourth-order valence-electron chi connectivity index (χ4n) is 1.30. The van der Waals surface area contributed by atoms with Gasteiger partial charge in [0.05, 0.1) is 5.33 Å². The van der Waals surface area contributed by atoms with Crippen LogP contribution in [0.4, 0.5) is 0 Å². The predicted molar refractivity (Wildman–Crippen MR) is 66.6 cm³/mol. The molecule has 1 unspecified atom stereocenters. The Balaban J connectivity index is 3.02. The van der Waals surface area contributed by atoms with Crippen LogP contribution in [0.1, 0.15) is 17.2 Å². The lowest BCUT2D eigenvalue weighted by atomic mass is 10.0. The van der Waals surface area contributed by atoms with Crippen LogP contribution in [0.5, 0.6) is 0 Å². The molecule has 0 aliphatic rings. The van der Waals surface area contributed by atoms with E-state index in [9.17, 15) is 14.7 Å². The molecule has 6 heteroatoms. The highest BCUT2D eigenvalue weighted by Gasteiger charge is 2.17. The number of hydrogen-bond acceptors (Lipinski definition) is 3. The molecule has 2 N–H and O–H groups in total. The van der Waals surface area contributed by atoms with Crippen LogP contribution in [-0.2, 0) is 16.0 Å². The Labute approximate surface area is 111 Å². The van der Waals surface area contributed by atoms with Crippen LogP contribution in [0, 0.1) is 0 Å². The molecule has 0 saturated carbocycles. The van der Waals surface area contributed by atoms with Gasteiger partial charge in [0.25, 0.3) is 0 Å². The molecule has 0 heterocycles. The maximum Gasteiger partial charge on any atom is 0.337 e. The van der Waals surface area contributed by atoms with E-state index in [1.54, 1.807) is 0 Å². The number of alkyl halides is 1. The number of carboxylic acid groups (broad SMARTS) is 1. The molecule has 0 aliphatic heterocycles. The summed E-state index contributed by atoms with van der Waals surface area (Å²) in [5.41, 5.74) is 0.716. The van der Waals surface area contributed by atoms with E-state index >= 15 is 0 Å². The van der Waals surface area contributed by atoms with E-state index in [1.165, 1.54) is 18.2 Å². The van der Waals surface area contributed by atoms with Crippen molar-refractivity contribution in [3.05, 3.63) is 34.3 Å². The second kappa shape index (κ2) is 6.14. The van der Waals surface area contributed by atoms with E-state index in [0.717, 1.165) is 0 Å². The number of rotatable bonds is 5. The first-order chi connectivity index (χ1) is 7.95. The molecular weight excluding hydrogens is 311 g/mol. The Kier molecular flexibility index (Phi) is 5.11. The third-order valence-corrected chi connectivity index (χ3v) is 3.15. The molecule has 1 aromatic carbocycles. The maximum atomic E-state index is 11.3. The van der Waals surface area contributed by atoms with E-state index in [2.05, 4.69) is 15.9 Å². The lowest BCUT2D eigenvalue weighted by Crippen LogP contribution is -2.11. The zero-order valence-electron chi connectivity index (χ0n) is 8.69. The molecule has 92 valence electrons. The van der Waals surface area contributed by atoms with Gasteiger partial charge in [-0.3, -0.25) is 4.79 Å². The first-order valence-electron chi connectivity index (χ1n) is 4.72. The minimum Gasteiger partial charge on any atom is -0.479 e. The van der Waals surface area contributed by atoms with Gasteiger partial charge >= 0.3 is 5.97 Å². The monoisotopic (exact) mass is 320 g/mol. The third kappa shape index (κ3) is 3.80. The molecule has 0 fully saturated rings. The van der Waals surface area contributed by atoms with Gasteiger partial charge in [-0.25, -0.2) is 4.79 Å². The fourth-order valence-corrected chi connectivity index (χ4v) is 1.69. The number of carboxylic acids is 1. The minimum atomic E-state index is -1.61. The van der Waals surface area contributed by atoms with Crippen molar-refractivity contribution in [2.24, 2.45) is 0 Å². The van der Waals surface area contributed by atoms with Crippen LogP contribution in [0.25, 0.3) is 0 Å². The number of aliphatic hydroxyl groups excluding tert-OH is 1. The Hall–Kier alpha value is -0.910. The number of carbonyl (C=O) groups excluding carboxylic acids is 1. The van der Waals surface area contributed by atoms with Crippen molar-refractivity contribution in [2.75, 3.05) is 5.33 Å². The molecule has 0 aromatic heterocycles. The molecule has 0 aliphatic carbocycles. The number of hydrogen-bond donors (Lipinski definition) is 2. The summed E-state index contributed by atoms with van der Waals surface area (Å²) in [6.07, 6.45) is -1.50. The van der Waals surface area contributed by atoms with Crippen molar-refractivity contribution < 1.29 is 19.8 Å². The third-order valence-electron chi connectivity index (χ3n) is 2.16. The molecule has 0 bridgehead atoms. The smallest absolute Gasteiger partial charge is 0.337 e. The van der Waals surface area contributed by atoms with Gasteiger partial charge in [-0.1, -0.05) is 39.7 Å². The summed E-state index contributed by atoms with van der Waals surface area (Å²) in [7, 11) is 0. The highest BCUT2D eigenvalue weighted by Crippen LogP contribution is 2.22. The normalized spacial score (nSPS) is 12.2. The SMILES string of the molecule is O=C(CBr)Cc1cc(C(O)C(=O)O)ccc1Cl. The maximum absolute atomic E-state index is 11.3. The van der Waals surface area contributed by atoms with E-state index in [1.807, 2.05) is 0 Å². The summed E-state index contributed by atoms with van der Waals surface area (Å²) in [5.74, 6) is -1.42. The molecule has 1 rings (SSSR count). The Morgan fingerprint density at radius 2 is 2.06 bits per heavy atom. The molecule has 0 spiro atoms. The highest BCUT2D eigenvalue weighted by molar-refractivity contribution is 9.09. The number of ketones is 1. The number of benzene rings is 1. The molecule has 0 radical (unpaired) electrons. The summed E-state index contributed by atoms with van der Waals surface area (Å²) >= 11 is 8.92. The van der Waals surface area contributed by atoms with E-state index in [4.69, 9.17) is 16.7 Å². The topological polar surface area (TPSA) is 74.6 Å². The Morgan fingerprint density at radius 3 is 2.59 bits per heavy atom. The van der Waals surface area contributed by atoms with Crippen LogP contribution >= 0.6 is 27.5 Å². The number of aliphatic carboxylic acids is 1. The van der Waals surface area contributed by atoms with Crippen molar-refractivity contribution in [3.63, 3.8) is 0 Å². The lowest BCUT2D eigenvalue weighted by Gasteiger charge is -2.09. The van der Waals surface area contributed by atoms with Crippen molar-refractivity contribution >= 4 is 39.3 Å². The first kappa shape index (κ1) is 14.2. The largest absolute Gasteiger partial charge is 0.479 e. The highest BCUT2D eigenvalue weighted by atomic mass is 79.9. The van der Waals surface area contributed by atoms with Gasteiger partial charge in [0.15, 0.2) is 6.10 Å². The predicted octanol–water partition coefficient (Wildman–Crippen LogP) is 1.96. The summed E-state index contributed by atoms with van der Waals surface area (Å²) in [5, 5.41) is 18.6. The molecule has 4 nitrogen and oxygen atoms in total. The molecule has 0 saturated heterocycles. The van der Waals surface area contributed by atoms with Gasteiger partial charge in [0, 0.05) is 11.4 Å². The van der Waals surface area contributed by atoms with Crippen molar-refractivity contribution in [1.29, 1.82) is 0 Å². The number of Topliss-reactive ketones (excluding diaryl/α,β-unsaturated/α-hetero) is 1. The fraction of sp³-hybridized carbons (Fsp3) is 0.273. The molecule has 1 aromatic rings. The van der Waals surface area contributed by atoms with Gasteiger partial charge in [-0.15, -0.1) is 0 Å². The van der Waals surface area contributed by atoms with Gasteiger partial charge in [0.1, 0.15) is 5.78 Å². The Morgan fingerprint density at radius 1 is 1.41 bits per heavy atom. The quantitative estimate of drug-likeness (QED) is 0.813. The van der Waals surface area contributed by atoms with Gasteiger partial charge in [0.2, 0.25) is 0 Å². The number of halogens is 2. The van der Waals surface area contributed by atoms with E-state index in [0.29, 0.717) is 10.6 Å². The van der Waals surface area contributed by atoms with Crippen LogP contribution in [0.2, 0.25) is 5.02 Å². The van der Waals surface area contributed by atoms with E-state index in [-0.39, 0.29) is 23.1 Å². The molecule has 0 amide bonds. The van der Waals surface area contributed by atoms with Crippen LogP contribution in [-0.4, -0.2) is 27.3 Å². The Bertz CT molecular complexity index is 447. The molecule has 1 atom stereocenters. The average molecular weight is 322 g/mol. The van der Waals surface area contributed by atoms with Crippen LogP contribution in [0.3, 0.4) is 0 Å². The standard InChI is InChI=1S/C11H10BrClO4/c12-5-8(14)4-7-3-6(1-2-9(7)13)10(15)11(16)17/h1-3,10,15H,4-5H2,(H,16,17). The first-order valence-corrected chi connectivity index (χ1v) is 6.22.